The van der Waals surface area contributed by atoms with Gasteiger partial charge in [-0.3, -0.25) is 0 Å². The van der Waals surface area contributed by atoms with Crippen molar-refractivity contribution in [3.63, 3.8) is 0 Å². The molecule has 33 heavy (non-hydrogen) atoms. The van der Waals surface area contributed by atoms with E-state index in [4.69, 9.17) is 46.5 Å². The zero-order valence-electron chi connectivity index (χ0n) is 18.0. The zero-order valence-corrected chi connectivity index (χ0v) is 25.0. The van der Waals surface area contributed by atoms with Gasteiger partial charge < -0.3 is 0 Å². The predicted octanol–water partition coefficient (Wildman–Crippen LogP) is 2.93. The molecule has 0 spiro atoms. The minimum absolute atomic E-state index is 0. The first-order chi connectivity index (χ1) is 14.9. The second-order valence-corrected chi connectivity index (χ2v) is 4.86. The minimum Gasteiger partial charge on any atom is 0 e. The molecule has 10 nitrogen and oxygen atoms in total. The van der Waals surface area contributed by atoms with Crippen molar-refractivity contribution < 1.29 is 88.7 Å². The van der Waals surface area contributed by atoms with Gasteiger partial charge >= 0.3 is 113 Å². The van der Waals surface area contributed by atoms with E-state index in [2.05, 4.69) is 110 Å². The Kier molecular flexibility index (Phi) is 227. The molecular formula is C20H17O10PW2. The average Bonchev–Trinajstić information content (AvgIpc) is 3.05. The second-order valence-electron chi connectivity index (χ2n) is 3.70. The maximum atomic E-state index is 7.50. The summed E-state index contributed by atoms with van der Waals surface area (Å²) in [6, 6.07) is 0. The molecule has 13 heteroatoms. The maximum Gasteiger partial charge on any atom is 0 e. The summed E-state index contributed by atoms with van der Waals surface area (Å²) in [6.45, 7) is 56.1. The number of allylic oxidation sites excluding steroid dienone is 4. The molecule has 0 aliphatic heterocycles. The number of hydrogen-bond acceptors (Lipinski definition) is 0. The van der Waals surface area contributed by atoms with E-state index in [1.165, 1.54) is 22.3 Å². The van der Waals surface area contributed by atoms with Crippen LogP contribution < -0.4 is 0 Å². The Morgan fingerprint density at radius 1 is 0.424 bits per heavy atom. The fourth-order valence-electron chi connectivity index (χ4n) is 1.62. The van der Waals surface area contributed by atoms with Crippen molar-refractivity contribution in [2.75, 3.05) is 0 Å². The third-order valence-corrected chi connectivity index (χ3v) is 4.11. The van der Waals surface area contributed by atoms with Gasteiger partial charge in [0.15, 0.2) is 0 Å². The molecule has 1 atom stereocenters. The van der Waals surface area contributed by atoms with Gasteiger partial charge in [0.25, 0.3) is 0 Å². The van der Waals surface area contributed by atoms with E-state index >= 15 is 0 Å². The van der Waals surface area contributed by atoms with E-state index in [1.807, 2.05) is 0 Å². The average molecular weight is 816 g/mol. The molecule has 0 fully saturated rings. The Morgan fingerprint density at radius 2 is 0.515 bits per heavy atom. The van der Waals surface area contributed by atoms with E-state index in [-0.39, 0.29) is 47.3 Å². The third-order valence-electron chi connectivity index (χ3n) is 3.25. The maximum absolute atomic E-state index is 7.50. The Hall–Kier alpha value is -1.31. The van der Waals surface area contributed by atoms with E-state index in [0.29, 0.717) is 0 Å². The van der Waals surface area contributed by atoms with Crippen LogP contribution in [0.1, 0.15) is 34.6 Å². The topological polar surface area (TPSA) is 199 Å². The molecule has 1 unspecified atom stereocenters. The van der Waals surface area contributed by atoms with Gasteiger partial charge in [-0.05, 0) is 45.8 Å². The molecule has 1 rings (SSSR count). The Morgan fingerprint density at radius 3 is 0.545 bits per heavy atom. The molecular weight excluding hydrogens is 799 g/mol. The largest absolute Gasteiger partial charge is 0 e. The fourth-order valence-corrected chi connectivity index (χ4v) is 2.06. The minimum atomic E-state index is 0. The van der Waals surface area contributed by atoms with E-state index in [1.54, 1.807) is 0 Å². The van der Waals surface area contributed by atoms with Crippen molar-refractivity contribution in [1.82, 2.24) is 0 Å². The predicted molar refractivity (Wildman–Crippen MR) is 94.2 cm³/mol. The normalized spacial score (nSPS) is 8.42. The SMILES string of the molecule is CC1=C(C)C(C)(P)C(C)=C1C.[C-]#[O+].[C-]#[O+].[C-]#[O+].[C-]#[O+].[C-]#[O+].[C-]#[O+].[C-]#[O+].[C-]#[O+].[C-]#[O+].[C-]#[O+].[W].[W]. The Bertz CT molecular complexity index is 531. The van der Waals surface area contributed by atoms with Gasteiger partial charge in [0.05, 0.1) is 0 Å². The van der Waals surface area contributed by atoms with Gasteiger partial charge in [-0.15, -0.1) is 9.24 Å². The Balaban J connectivity index is -0.0000000173. The van der Waals surface area contributed by atoms with Crippen LogP contribution in [-0.2, 0) is 88.7 Å². The summed E-state index contributed by atoms with van der Waals surface area (Å²) in [4.78, 5) is 0. The van der Waals surface area contributed by atoms with Crippen LogP contribution in [-0.4, -0.2) is 5.16 Å². The van der Waals surface area contributed by atoms with Gasteiger partial charge in [0.2, 0.25) is 0 Å². The molecule has 0 saturated heterocycles. The molecule has 174 valence electrons. The van der Waals surface area contributed by atoms with Crippen LogP contribution in [0.4, 0.5) is 0 Å². The number of hydrogen-bond donors (Lipinski definition) is 0. The molecule has 0 bridgehead atoms. The monoisotopic (exact) mass is 816 g/mol. The van der Waals surface area contributed by atoms with Crippen LogP contribution in [0.3, 0.4) is 0 Å². The van der Waals surface area contributed by atoms with E-state index in [9.17, 15) is 0 Å². The van der Waals surface area contributed by atoms with E-state index in [0.717, 1.165) is 0 Å². The van der Waals surface area contributed by atoms with Gasteiger partial charge in [0.1, 0.15) is 0 Å². The van der Waals surface area contributed by atoms with Gasteiger partial charge in [-0.2, -0.15) is 0 Å². The van der Waals surface area contributed by atoms with Gasteiger partial charge in [-0.25, -0.2) is 0 Å². The van der Waals surface area contributed by atoms with Crippen LogP contribution in [0.2, 0.25) is 0 Å². The third kappa shape index (κ3) is 49.1. The van der Waals surface area contributed by atoms with Crippen LogP contribution in [0.25, 0.3) is 0 Å². The van der Waals surface area contributed by atoms with Crippen LogP contribution in [0.5, 0.6) is 0 Å². The first-order valence-corrected chi connectivity index (χ1v) is 6.66. The zero-order chi connectivity index (χ0) is 28.8. The van der Waals surface area contributed by atoms with Crippen LogP contribution in [0.15, 0.2) is 22.3 Å². The second kappa shape index (κ2) is 97.1. The molecule has 0 radical (unpaired) electrons. The molecule has 1 aliphatic carbocycles. The summed E-state index contributed by atoms with van der Waals surface area (Å²) >= 11 is 0. The molecule has 0 aromatic heterocycles. The quantitative estimate of drug-likeness (QED) is 0.197. The van der Waals surface area contributed by atoms with Crippen molar-refractivity contribution in [1.29, 1.82) is 0 Å². The summed E-state index contributed by atoms with van der Waals surface area (Å²) in [5.41, 5.74) is 5.94. The molecule has 0 N–H and O–H groups in total. The van der Waals surface area contributed by atoms with Crippen molar-refractivity contribution in [2.45, 2.75) is 39.8 Å². The molecule has 0 heterocycles. The molecule has 1 aliphatic rings. The van der Waals surface area contributed by atoms with E-state index < -0.39 is 0 Å². The summed E-state index contributed by atoms with van der Waals surface area (Å²) in [6.07, 6.45) is 0. The van der Waals surface area contributed by atoms with Crippen molar-refractivity contribution in [3.05, 3.63) is 88.8 Å². The van der Waals surface area contributed by atoms with Gasteiger partial charge in [0, 0.05) is 47.3 Å². The van der Waals surface area contributed by atoms with Crippen LogP contribution >= 0.6 is 9.24 Å². The van der Waals surface area contributed by atoms with Crippen molar-refractivity contribution >= 4 is 9.24 Å². The van der Waals surface area contributed by atoms with Gasteiger partial charge in [-0.1, -0.05) is 11.1 Å². The molecule has 0 aromatic rings. The fraction of sp³-hybridized carbons (Fsp3) is 0.300. The summed E-state index contributed by atoms with van der Waals surface area (Å²) < 4.78 is 75.0. The first-order valence-electron chi connectivity index (χ1n) is 6.08. The summed E-state index contributed by atoms with van der Waals surface area (Å²) in [7, 11) is 2.94. The molecule has 0 aromatic carbocycles. The molecule has 0 amide bonds. The number of rotatable bonds is 0. The molecule has 0 saturated carbocycles. The Labute approximate surface area is 225 Å². The first kappa shape index (κ1) is 77.0. The summed E-state index contributed by atoms with van der Waals surface area (Å²) in [5.74, 6) is 0. The summed E-state index contributed by atoms with van der Waals surface area (Å²) in [5, 5.41) is 0.230. The van der Waals surface area contributed by atoms with Crippen LogP contribution in [0, 0.1) is 66.5 Å². The van der Waals surface area contributed by atoms with Crippen molar-refractivity contribution in [2.24, 2.45) is 0 Å². The smallest absolute Gasteiger partial charge is 0 e. The van der Waals surface area contributed by atoms with Crippen molar-refractivity contribution in [3.8, 4) is 0 Å². The standard InChI is InChI=1S/C10H17P.10CO.2W/c1-6-7(2)9(4)10(5,11)8(6)3;10*1-2;;/h11H2,1-5H3;;;;;;;;;;;;.